The van der Waals surface area contributed by atoms with E-state index in [1.807, 2.05) is 0 Å². The van der Waals surface area contributed by atoms with E-state index < -0.39 is 10.1 Å². The molecule has 4 N–H and O–H groups in total. The van der Waals surface area contributed by atoms with Crippen LogP contribution in [-0.4, -0.2) is 40.4 Å². The second kappa shape index (κ2) is 5.29. The summed E-state index contributed by atoms with van der Waals surface area (Å²) >= 11 is 0. The van der Waals surface area contributed by atoms with Crippen molar-refractivity contribution in [3.63, 3.8) is 0 Å². The third-order valence-electron chi connectivity index (χ3n) is 1.59. The number of nitro groups is 2. The summed E-state index contributed by atoms with van der Waals surface area (Å²) in [6.07, 6.45) is 0. The van der Waals surface area contributed by atoms with Gasteiger partial charge in [-0.25, -0.2) is 20.2 Å². The first-order valence-electron chi connectivity index (χ1n) is 4.62. The summed E-state index contributed by atoms with van der Waals surface area (Å²) in [6.45, 7) is 0. The summed E-state index contributed by atoms with van der Waals surface area (Å²) in [6, 6.07) is 0. The minimum atomic E-state index is -0.944. The van der Waals surface area contributed by atoms with E-state index in [0.717, 1.165) is 0 Å². The van der Waals surface area contributed by atoms with Gasteiger partial charge < -0.3 is 0 Å². The van der Waals surface area contributed by atoms with Crippen molar-refractivity contribution in [3.8, 4) is 0 Å². The molecule has 104 valence electrons. The fourth-order valence-corrected chi connectivity index (χ4v) is 0.975. The fourth-order valence-electron chi connectivity index (χ4n) is 0.975. The van der Waals surface area contributed by atoms with Crippen LogP contribution >= 0.6 is 0 Å². The van der Waals surface area contributed by atoms with Gasteiger partial charge >= 0.3 is 11.2 Å². The summed E-state index contributed by atoms with van der Waals surface area (Å²) in [5, 5.41) is 40.2. The van der Waals surface area contributed by atoms with Gasteiger partial charge in [-0.1, -0.05) is 0 Å². The molecule has 0 aliphatic heterocycles. The third-order valence-corrected chi connectivity index (χ3v) is 1.59. The number of azo groups is 1. The van der Waals surface area contributed by atoms with E-state index in [0.29, 0.717) is 0 Å². The zero-order valence-electron chi connectivity index (χ0n) is 9.21. The first-order chi connectivity index (χ1) is 9.52. The van der Waals surface area contributed by atoms with Crippen molar-refractivity contribution in [1.29, 1.82) is 0 Å². The second-order valence-electron chi connectivity index (χ2n) is 2.89. The van der Waals surface area contributed by atoms with Gasteiger partial charge in [-0.2, -0.15) is 9.97 Å². The maximum atomic E-state index is 10.1. The highest BCUT2D eigenvalue weighted by Crippen LogP contribution is 2.04. The van der Waals surface area contributed by atoms with Crippen LogP contribution in [0.3, 0.4) is 0 Å². The average Bonchev–Trinajstić information content (AvgIpc) is 2.94. The van der Waals surface area contributed by atoms with Gasteiger partial charge in [0.2, 0.25) is 0 Å². The Morgan fingerprint density at radius 2 is 1.20 bits per heavy atom. The fraction of sp³-hybridized carbons (Fsp3) is 0. The highest BCUT2D eigenvalue weighted by Gasteiger charge is 2.00. The number of H-pyrrole nitrogens is 4. The van der Waals surface area contributed by atoms with Gasteiger partial charge in [-0.3, -0.25) is 20.4 Å². The molecule has 0 fully saturated rings. The van der Waals surface area contributed by atoms with Crippen molar-refractivity contribution < 1.29 is 10.1 Å². The van der Waals surface area contributed by atoms with Crippen LogP contribution in [0.4, 0.5) is 11.9 Å². The normalized spacial score (nSPS) is 13.2. The van der Waals surface area contributed by atoms with Gasteiger partial charge in [0.05, 0.1) is 0 Å². The minimum absolute atomic E-state index is 0.116. The molecule has 0 atom stereocenters. The summed E-state index contributed by atoms with van der Waals surface area (Å²) in [5.41, 5.74) is -0.613. The predicted octanol–water partition coefficient (Wildman–Crippen LogP) is -1.61. The quantitative estimate of drug-likeness (QED) is 0.293. The lowest BCUT2D eigenvalue weighted by Crippen LogP contribution is -2.08. The molecule has 2 aromatic rings. The van der Waals surface area contributed by atoms with Gasteiger partial charge in [0.15, 0.2) is 10.1 Å². The van der Waals surface area contributed by atoms with Crippen LogP contribution in [0.1, 0.15) is 0 Å². The van der Waals surface area contributed by atoms with E-state index in [4.69, 9.17) is 0 Å². The lowest BCUT2D eigenvalue weighted by atomic mass is 11.0. The molecule has 20 heavy (non-hydrogen) atoms. The predicted molar refractivity (Wildman–Crippen MR) is 55.2 cm³/mol. The summed E-state index contributed by atoms with van der Waals surface area (Å²) in [4.78, 5) is 27.3. The number of aromatic amines is 4. The van der Waals surface area contributed by atoms with Crippen LogP contribution in [0.2, 0.25) is 0 Å². The molecule has 0 spiro atoms. The Hall–Kier alpha value is -3.72. The Kier molecular flexibility index (Phi) is 3.36. The molecule has 0 radical (unpaired) electrons. The van der Waals surface area contributed by atoms with Crippen molar-refractivity contribution >= 4 is 11.9 Å². The molecule has 0 bridgehead atoms. The molecule has 0 aromatic carbocycles. The van der Waals surface area contributed by atoms with Crippen molar-refractivity contribution in [2.24, 2.45) is 20.4 Å². The highest BCUT2D eigenvalue weighted by molar-refractivity contribution is 5.12. The lowest BCUT2D eigenvalue weighted by molar-refractivity contribution is -0.491. The molecular formula is C4H4N12O4. The number of hydrogen-bond acceptors (Lipinski definition) is 8. The number of nitrogens with one attached hydrogen (secondary N) is 4. The molecule has 2 heterocycles. The van der Waals surface area contributed by atoms with E-state index in [-0.39, 0.29) is 23.1 Å². The molecule has 2 rings (SSSR count). The molecule has 2 aromatic heterocycles. The number of aromatic nitrogens is 6. The largest absolute Gasteiger partial charge is 0.316 e. The van der Waals surface area contributed by atoms with Crippen molar-refractivity contribution in [3.05, 3.63) is 31.5 Å². The zero-order valence-corrected chi connectivity index (χ0v) is 9.21. The van der Waals surface area contributed by atoms with Crippen LogP contribution in [0, 0.1) is 20.2 Å². The molecule has 0 aliphatic rings. The monoisotopic (exact) mass is 284 g/mol. The number of rotatable bonds is 4. The van der Waals surface area contributed by atoms with E-state index in [1.165, 1.54) is 0 Å². The summed E-state index contributed by atoms with van der Waals surface area (Å²) < 4.78 is 0. The van der Waals surface area contributed by atoms with E-state index >= 15 is 0 Å². The molecule has 16 nitrogen and oxygen atoms in total. The SMILES string of the molecule is O=[N+]([O-])/N=c1/nc(/N=N/c2n/c(=N\[N+](=O)[O-])[nH][nH]2)[nH][nH]1. The summed E-state index contributed by atoms with van der Waals surface area (Å²) in [7, 11) is 0. The smallest absolute Gasteiger partial charge is 0.264 e. The van der Waals surface area contributed by atoms with Gasteiger partial charge in [0.25, 0.3) is 11.9 Å². The van der Waals surface area contributed by atoms with E-state index in [9.17, 15) is 20.2 Å². The Labute approximate surface area is 105 Å². The molecular weight excluding hydrogens is 280 g/mol. The second-order valence-corrected chi connectivity index (χ2v) is 2.89. The molecule has 0 saturated carbocycles. The molecule has 0 saturated heterocycles. The highest BCUT2D eigenvalue weighted by atomic mass is 16.7. The number of nitrogens with zero attached hydrogens (tertiary/aromatic N) is 8. The molecule has 0 unspecified atom stereocenters. The van der Waals surface area contributed by atoms with Gasteiger partial charge in [0, 0.05) is 0 Å². The van der Waals surface area contributed by atoms with Crippen LogP contribution in [0.25, 0.3) is 0 Å². The summed E-state index contributed by atoms with van der Waals surface area (Å²) in [5.74, 6) is -0.232. The van der Waals surface area contributed by atoms with Gasteiger partial charge in [-0.05, 0) is 0 Å². The maximum absolute atomic E-state index is 10.1. The van der Waals surface area contributed by atoms with Crippen molar-refractivity contribution in [2.75, 3.05) is 0 Å². The van der Waals surface area contributed by atoms with Crippen LogP contribution in [0.15, 0.2) is 20.4 Å². The molecule has 16 heteroatoms. The van der Waals surface area contributed by atoms with Crippen molar-refractivity contribution in [1.82, 2.24) is 30.4 Å². The Balaban J connectivity index is 2.17. The van der Waals surface area contributed by atoms with Crippen LogP contribution in [0.5, 0.6) is 0 Å². The third kappa shape index (κ3) is 3.38. The topological polar surface area (TPSA) is 225 Å². The van der Waals surface area contributed by atoms with Gasteiger partial charge in [0.1, 0.15) is 10.2 Å². The van der Waals surface area contributed by atoms with Gasteiger partial charge in [-0.15, -0.1) is 10.2 Å². The Bertz CT molecular complexity index is 718. The van der Waals surface area contributed by atoms with Crippen LogP contribution in [-0.2, 0) is 0 Å². The first kappa shape index (κ1) is 12.7. The Morgan fingerprint density at radius 3 is 1.55 bits per heavy atom. The minimum Gasteiger partial charge on any atom is -0.264 e. The molecule has 0 amide bonds. The lowest BCUT2D eigenvalue weighted by Gasteiger charge is -1.79. The zero-order chi connectivity index (χ0) is 14.5. The standard InChI is InChI=1S/C4H4N12O4/c17-15(18)13-3-5-1(9-11-3)7-8-2-6-4(12-10-2)14-16(19)20/h(H2,5,9,11,13)(H2,6,10,12,14)/b8-7+. The van der Waals surface area contributed by atoms with Crippen LogP contribution < -0.4 is 11.2 Å². The van der Waals surface area contributed by atoms with E-state index in [2.05, 4.69) is 50.8 Å². The average molecular weight is 284 g/mol. The maximum Gasteiger partial charge on any atom is 0.316 e. The van der Waals surface area contributed by atoms with Crippen molar-refractivity contribution in [2.45, 2.75) is 0 Å². The first-order valence-corrected chi connectivity index (χ1v) is 4.62. The number of hydrogen-bond donors (Lipinski definition) is 4. The molecule has 0 aliphatic carbocycles. The van der Waals surface area contributed by atoms with E-state index in [1.54, 1.807) is 0 Å². The Morgan fingerprint density at radius 1 is 0.800 bits per heavy atom.